The summed E-state index contributed by atoms with van der Waals surface area (Å²) < 4.78 is 1.54. The van der Waals surface area contributed by atoms with Gasteiger partial charge in [0.05, 0.1) is 11.9 Å². The van der Waals surface area contributed by atoms with Crippen molar-refractivity contribution in [3.8, 4) is 0 Å². The van der Waals surface area contributed by atoms with E-state index in [1.165, 1.54) is 4.68 Å². The van der Waals surface area contributed by atoms with Crippen LogP contribution >= 0.6 is 0 Å². The lowest BCUT2D eigenvalue weighted by atomic mass is 10.1. The van der Waals surface area contributed by atoms with Gasteiger partial charge in [0.2, 0.25) is 5.91 Å². The van der Waals surface area contributed by atoms with Gasteiger partial charge in [-0.15, -0.1) is 5.10 Å². The lowest BCUT2D eigenvalue weighted by molar-refractivity contribution is -0.123. The number of carbonyl (C=O) groups excluding carboxylic acids is 1. The molecule has 0 saturated carbocycles. The van der Waals surface area contributed by atoms with E-state index in [4.69, 9.17) is 0 Å². The average Bonchev–Trinajstić information content (AvgIpc) is 2.49. The molecule has 0 unspecified atom stereocenters. The predicted octanol–water partition coefficient (Wildman–Crippen LogP) is -0.0878. The van der Waals surface area contributed by atoms with Gasteiger partial charge in [-0.25, -0.2) is 4.68 Å². The van der Waals surface area contributed by atoms with Crippen LogP contribution < -0.4 is 10.6 Å². The molecule has 2 N–H and O–H groups in total. The van der Waals surface area contributed by atoms with Crippen LogP contribution in [-0.2, 0) is 17.9 Å². The van der Waals surface area contributed by atoms with Gasteiger partial charge in [-0.1, -0.05) is 5.21 Å². The van der Waals surface area contributed by atoms with Gasteiger partial charge >= 0.3 is 0 Å². The minimum Gasteiger partial charge on any atom is -0.350 e. The van der Waals surface area contributed by atoms with Gasteiger partial charge < -0.3 is 10.6 Å². The van der Waals surface area contributed by atoms with Crippen LogP contribution in [0.2, 0.25) is 0 Å². The Kier molecular flexibility index (Phi) is 4.00. The first-order valence-corrected chi connectivity index (χ1v) is 5.25. The molecule has 1 aromatic rings. The van der Waals surface area contributed by atoms with Crippen LogP contribution in [0, 0.1) is 0 Å². The molecule has 0 radical (unpaired) electrons. The molecule has 0 aromatic carbocycles. The molecule has 1 heterocycles. The molecular weight excluding hydrogens is 206 g/mol. The fourth-order valence-electron chi connectivity index (χ4n) is 1.28. The van der Waals surface area contributed by atoms with Crippen LogP contribution in [0.4, 0.5) is 0 Å². The van der Waals surface area contributed by atoms with Crippen molar-refractivity contribution < 1.29 is 4.79 Å². The first-order chi connectivity index (χ1) is 7.40. The number of nitrogens with zero attached hydrogens (tertiary/aromatic N) is 3. The van der Waals surface area contributed by atoms with Crippen molar-refractivity contribution in [2.75, 3.05) is 7.05 Å². The van der Waals surface area contributed by atoms with Crippen LogP contribution in [0.3, 0.4) is 0 Å². The number of nitrogens with one attached hydrogen (secondary N) is 2. The van der Waals surface area contributed by atoms with Gasteiger partial charge in [0.15, 0.2) is 0 Å². The quantitative estimate of drug-likeness (QED) is 0.751. The molecule has 0 bridgehead atoms. The highest BCUT2D eigenvalue weighted by Gasteiger charge is 2.14. The number of hydrogen-bond donors (Lipinski definition) is 2. The van der Waals surface area contributed by atoms with E-state index < -0.39 is 0 Å². The van der Waals surface area contributed by atoms with Gasteiger partial charge in [-0.3, -0.25) is 4.79 Å². The van der Waals surface area contributed by atoms with Crippen molar-refractivity contribution in [3.05, 3.63) is 11.9 Å². The number of rotatable bonds is 4. The van der Waals surface area contributed by atoms with E-state index in [2.05, 4.69) is 20.9 Å². The molecule has 0 aliphatic heterocycles. The zero-order valence-electron chi connectivity index (χ0n) is 10.2. The third-order valence-corrected chi connectivity index (χ3v) is 1.76. The first-order valence-electron chi connectivity index (χ1n) is 5.25. The van der Waals surface area contributed by atoms with Gasteiger partial charge in [-0.2, -0.15) is 0 Å². The van der Waals surface area contributed by atoms with E-state index in [0.29, 0.717) is 6.54 Å². The molecule has 1 rings (SSSR count). The van der Waals surface area contributed by atoms with Crippen LogP contribution in [0.5, 0.6) is 0 Å². The Morgan fingerprint density at radius 3 is 2.75 bits per heavy atom. The highest BCUT2D eigenvalue weighted by molar-refractivity contribution is 5.76. The van der Waals surface area contributed by atoms with Crippen molar-refractivity contribution in [1.29, 1.82) is 0 Å². The highest BCUT2D eigenvalue weighted by atomic mass is 16.2. The molecule has 0 aliphatic rings. The fraction of sp³-hybridized carbons (Fsp3) is 0.700. The van der Waals surface area contributed by atoms with Gasteiger partial charge in [0.25, 0.3) is 0 Å². The molecule has 0 spiro atoms. The second-order valence-electron chi connectivity index (χ2n) is 4.74. The third-order valence-electron chi connectivity index (χ3n) is 1.76. The zero-order chi connectivity index (χ0) is 12.2. The van der Waals surface area contributed by atoms with Crippen LogP contribution in [-0.4, -0.2) is 33.5 Å². The monoisotopic (exact) mass is 225 g/mol. The summed E-state index contributed by atoms with van der Waals surface area (Å²) in [5.41, 5.74) is 0.608. The summed E-state index contributed by atoms with van der Waals surface area (Å²) in [6, 6.07) is 0. The molecule has 0 fully saturated rings. The molecule has 1 aromatic heterocycles. The van der Waals surface area contributed by atoms with Crippen molar-refractivity contribution >= 4 is 5.91 Å². The van der Waals surface area contributed by atoms with Crippen molar-refractivity contribution in [2.24, 2.45) is 0 Å². The molecule has 1 amide bonds. The summed E-state index contributed by atoms with van der Waals surface area (Å²) in [5, 5.41) is 13.6. The smallest absolute Gasteiger partial charge is 0.242 e. The predicted molar refractivity (Wildman–Crippen MR) is 60.7 cm³/mol. The van der Waals surface area contributed by atoms with Crippen LogP contribution in [0.25, 0.3) is 0 Å². The lowest BCUT2D eigenvalue weighted by Crippen LogP contribution is -2.42. The summed E-state index contributed by atoms with van der Waals surface area (Å²) in [7, 11) is 1.84. The third kappa shape index (κ3) is 4.39. The average molecular weight is 225 g/mol. The first kappa shape index (κ1) is 12.6. The summed E-state index contributed by atoms with van der Waals surface area (Å²) >= 11 is 0. The molecule has 0 saturated heterocycles. The second-order valence-corrected chi connectivity index (χ2v) is 4.74. The largest absolute Gasteiger partial charge is 0.350 e. The Morgan fingerprint density at radius 1 is 1.50 bits per heavy atom. The highest BCUT2D eigenvalue weighted by Crippen LogP contribution is 1.99. The molecule has 16 heavy (non-hydrogen) atoms. The maximum atomic E-state index is 11.6. The molecule has 6 nitrogen and oxygen atoms in total. The van der Waals surface area contributed by atoms with Gasteiger partial charge in [0, 0.05) is 12.1 Å². The second kappa shape index (κ2) is 5.07. The molecule has 0 atom stereocenters. The van der Waals surface area contributed by atoms with Crippen molar-refractivity contribution in [2.45, 2.75) is 39.4 Å². The van der Waals surface area contributed by atoms with E-state index in [1.807, 2.05) is 27.8 Å². The Hall–Kier alpha value is -1.43. The number of hydrogen-bond acceptors (Lipinski definition) is 4. The maximum Gasteiger partial charge on any atom is 0.242 e. The van der Waals surface area contributed by atoms with E-state index in [1.54, 1.807) is 6.20 Å². The summed E-state index contributed by atoms with van der Waals surface area (Å²) in [6.07, 6.45) is 1.76. The molecule has 6 heteroatoms. The van der Waals surface area contributed by atoms with Crippen molar-refractivity contribution in [1.82, 2.24) is 25.6 Å². The van der Waals surface area contributed by atoms with E-state index in [-0.39, 0.29) is 18.0 Å². The maximum absolute atomic E-state index is 11.6. The van der Waals surface area contributed by atoms with Gasteiger partial charge in [0.1, 0.15) is 6.54 Å². The zero-order valence-corrected chi connectivity index (χ0v) is 10.2. The summed E-state index contributed by atoms with van der Waals surface area (Å²) in [5.74, 6) is -0.0617. The molecule has 0 aliphatic carbocycles. The molecular formula is C10H19N5O. The van der Waals surface area contributed by atoms with E-state index in [9.17, 15) is 4.79 Å². The van der Waals surface area contributed by atoms with Crippen molar-refractivity contribution in [3.63, 3.8) is 0 Å². The Balaban J connectivity index is 2.50. The SMILES string of the molecule is CNCc1cn(CC(=O)NC(C)(C)C)nn1. The Bertz CT molecular complexity index is 352. The van der Waals surface area contributed by atoms with Crippen LogP contribution in [0.15, 0.2) is 6.20 Å². The number of aromatic nitrogens is 3. The minimum atomic E-state index is -0.217. The summed E-state index contributed by atoms with van der Waals surface area (Å²) in [6.45, 7) is 6.69. The van der Waals surface area contributed by atoms with E-state index >= 15 is 0 Å². The fourth-order valence-corrected chi connectivity index (χ4v) is 1.28. The Labute approximate surface area is 95.4 Å². The normalized spacial score (nSPS) is 11.5. The lowest BCUT2D eigenvalue weighted by Gasteiger charge is -2.20. The van der Waals surface area contributed by atoms with Crippen LogP contribution in [0.1, 0.15) is 26.5 Å². The van der Waals surface area contributed by atoms with Gasteiger partial charge in [-0.05, 0) is 27.8 Å². The number of amides is 1. The van der Waals surface area contributed by atoms with E-state index in [0.717, 1.165) is 5.69 Å². The Morgan fingerprint density at radius 2 is 2.19 bits per heavy atom. The minimum absolute atomic E-state index is 0.0617. The molecule has 90 valence electrons. The number of carbonyl (C=O) groups is 1. The topological polar surface area (TPSA) is 71.8 Å². The summed E-state index contributed by atoms with van der Waals surface area (Å²) in [4.78, 5) is 11.6. The standard InChI is InChI=1S/C10H19N5O/c1-10(2,3)12-9(16)7-15-6-8(5-11-4)13-14-15/h6,11H,5,7H2,1-4H3,(H,12,16).